The normalized spacial score (nSPS) is 17.1. The molecule has 6 heteroatoms. The molecule has 108 valence electrons. The van der Waals surface area contributed by atoms with Crippen LogP contribution in [-0.2, 0) is 12.8 Å². The summed E-state index contributed by atoms with van der Waals surface area (Å²) in [6, 6.07) is 9.99. The Morgan fingerprint density at radius 3 is 2.86 bits per heavy atom. The SMILES string of the molecule is O=[N+]([O-])c1cc(Br)cnc1NC1CCc2ccccc2C1. The van der Waals surface area contributed by atoms with E-state index in [-0.39, 0.29) is 11.7 Å². The number of rotatable bonds is 3. The molecule has 1 heterocycles. The van der Waals surface area contributed by atoms with Gasteiger partial charge in [0.25, 0.3) is 0 Å². The van der Waals surface area contributed by atoms with Crippen molar-refractivity contribution < 1.29 is 4.92 Å². The van der Waals surface area contributed by atoms with Crippen molar-refractivity contribution in [1.82, 2.24) is 4.98 Å². The van der Waals surface area contributed by atoms with Crippen LogP contribution in [0.1, 0.15) is 17.5 Å². The summed E-state index contributed by atoms with van der Waals surface area (Å²) in [7, 11) is 0. The zero-order valence-electron chi connectivity index (χ0n) is 11.3. The Balaban J connectivity index is 1.81. The van der Waals surface area contributed by atoms with E-state index in [1.165, 1.54) is 17.2 Å². The van der Waals surface area contributed by atoms with E-state index in [1.54, 1.807) is 6.20 Å². The van der Waals surface area contributed by atoms with Gasteiger partial charge < -0.3 is 5.32 Å². The average Bonchev–Trinajstić information content (AvgIpc) is 2.49. The van der Waals surface area contributed by atoms with Crippen LogP contribution in [0.2, 0.25) is 0 Å². The lowest BCUT2D eigenvalue weighted by Gasteiger charge is -2.25. The number of anilines is 1. The molecule has 0 fully saturated rings. The monoisotopic (exact) mass is 347 g/mol. The fraction of sp³-hybridized carbons (Fsp3) is 0.267. The molecule has 0 amide bonds. The number of nitrogens with zero attached hydrogens (tertiary/aromatic N) is 2. The number of benzene rings is 1. The smallest absolute Gasteiger partial charge is 0.312 e. The van der Waals surface area contributed by atoms with Crippen molar-refractivity contribution in [3.8, 4) is 0 Å². The highest BCUT2D eigenvalue weighted by Crippen LogP contribution is 2.29. The first-order chi connectivity index (χ1) is 10.1. The molecule has 0 bridgehead atoms. The molecule has 0 aliphatic heterocycles. The van der Waals surface area contributed by atoms with Gasteiger partial charge in [0.1, 0.15) is 0 Å². The summed E-state index contributed by atoms with van der Waals surface area (Å²) in [5.74, 6) is 0.340. The van der Waals surface area contributed by atoms with Gasteiger partial charge in [0, 0.05) is 22.8 Å². The van der Waals surface area contributed by atoms with Crippen molar-refractivity contribution in [2.24, 2.45) is 0 Å². The van der Waals surface area contributed by atoms with Gasteiger partial charge in [-0.2, -0.15) is 0 Å². The second-order valence-electron chi connectivity index (χ2n) is 5.13. The largest absolute Gasteiger partial charge is 0.361 e. The van der Waals surface area contributed by atoms with Crippen LogP contribution in [0.4, 0.5) is 11.5 Å². The number of nitro groups is 1. The lowest BCUT2D eigenvalue weighted by Crippen LogP contribution is -2.28. The van der Waals surface area contributed by atoms with Crippen molar-refractivity contribution in [3.63, 3.8) is 0 Å². The highest BCUT2D eigenvalue weighted by Gasteiger charge is 2.22. The molecule has 0 saturated carbocycles. The third-order valence-corrected chi connectivity index (χ3v) is 4.15. The van der Waals surface area contributed by atoms with Crippen LogP contribution in [0.5, 0.6) is 0 Å². The molecule has 1 atom stereocenters. The summed E-state index contributed by atoms with van der Waals surface area (Å²) in [5.41, 5.74) is 2.68. The van der Waals surface area contributed by atoms with Crippen LogP contribution in [0.25, 0.3) is 0 Å². The number of halogens is 1. The molecule has 2 aromatic rings. The first-order valence-corrected chi connectivity index (χ1v) is 7.56. The first-order valence-electron chi connectivity index (χ1n) is 6.77. The van der Waals surface area contributed by atoms with Gasteiger partial charge in [0.05, 0.1) is 4.92 Å². The molecule has 0 spiro atoms. The summed E-state index contributed by atoms with van der Waals surface area (Å²) in [6.45, 7) is 0. The number of aromatic nitrogens is 1. The maximum absolute atomic E-state index is 11.1. The molecule has 1 unspecified atom stereocenters. The molecular weight excluding hydrogens is 334 g/mol. The van der Waals surface area contributed by atoms with Crippen LogP contribution in [0.3, 0.4) is 0 Å². The van der Waals surface area contributed by atoms with E-state index in [2.05, 4.69) is 38.4 Å². The van der Waals surface area contributed by atoms with E-state index >= 15 is 0 Å². The lowest BCUT2D eigenvalue weighted by atomic mass is 9.88. The van der Waals surface area contributed by atoms with Crippen LogP contribution in [-0.4, -0.2) is 15.9 Å². The quantitative estimate of drug-likeness (QED) is 0.678. The molecule has 0 radical (unpaired) electrons. The fourth-order valence-corrected chi connectivity index (χ4v) is 3.01. The molecule has 1 aromatic heterocycles. The highest BCUT2D eigenvalue weighted by molar-refractivity contribution is 9.10. The Bertz CT molecular complexity index is 690. The number of pyridine rings is 1. The molecule has 1 aliphatic carbocycles. The molecule has 0 saturated heterocycles. The Labute approximate surface area is 130 Å². The van der Waals surface area contributed by atoms with Crippen molar-refractivity contribution in [2.75, 3.05) is 5.32 Å². The van der Waals surface area contributed by atoms with Crippen molar-refractivity contribution >= 4 is 27.4 Å². The minimum atomic E-state index is -0.406. The maximum Gasteiger partial charge on any atom is 0.312 e. The van der Waals surface area contributed by atoms with E-state index in [9.17, 15) is 10.1 Å². The molecule has 21 heavy (non-hydrogen) atoms. The summed E-state index contributed by atoms with van der Waals surface area (Å²) >= 11 is 3.22. The maximum atomic E-state index is 11.1. The van der Waals surface area contributed by atoms with E-state index in [4.69, 9.17) is 0 Å². The van der Waals surface area contributed by atoms with Crippen molar-refractivity contribution in [2.45, 2.75) is 25.3 Å². The van der Waals surface area contributed by atoms with Crippen molar-refractivity contribution in [3.05, 3.63) is 62.2 Å². The van der Waals surface area contributed by atoms with Crippen LogP contribution in [0, 0.1) is 10.1 Å². The van der Waals surface area contributed by atoms with Gasteiger partial charge in [-0.05, 0) is 46.3 Å². The average molecular weight is 348 g/mol. The Morgan fingerprint density at radius 2 is 2.10 bits per heavy atom. The van der Waals surface area contributed by atoms with E-state index in [1.807, 2.05) is 12.1 Å². The predicted molar refractivity (Wildman–Crippen MR) is 84.5 cm³/mol. The van der Waals surface area contributed by atoms with Gasteiger partial charge in [-0.3, -0.25) is 10.1 Å². The van der Waals surface area contributed by atoms with Gasteiger partial charge in [-0.1, -0.05) is 24.3 Å². The Kier molecular flexibility index (Phi) is 3.88. The van der Waals surface area contributed by atoms with Gasteiger partial charge >= 0.3 is 5.69 Å². The summed E-state index contributed by atoms with van der Waals surface area (Å²) in [4.78, 5) is 14.9. The Hall–Kier alpha value is -1.95. The predicted octanol–water partition coefficient (Wildman–Crippen LogP) is 3.72. The standard InChI is InChI=1S/C15H14BrN3O2/c16-12-8-14(19(20)21)15(17-9-12)18-13-6-5-10-3-1-2-4-11(10)7-13/h1-4,8-9,13H,5-7H2,(H,17,18). The third kappa shape index (κ3) is 3.05. The zero-order valence-corrected chi connectivity index (χ0v) is 12.8. The Morgan fingerprint density at radius 1 is 1.33 bits per heavy atom. The number of nitrogens with one attached hydrogen (secondary N) is 1. The van der Waals surface area contributed by atoms with Gasteiger partial charge in [0.15, 0.2) is 0 Å². The minimum absolute atomic E-state index is 0.00299. The van der Waals surface area contributed by atoms with Gasteiger partial charge in [0.2, 0.25) is 5.82 Å². The minimum Gasteiger partial charge on any atom is -0.361 e. The second kappa shape index (κ2) is 5.81. The van der Waals surface area contributed by atoms with Gasteiger partial charge in [-0.25, -0.2) is 4.98 Å². The number of fused-ring (bicyclic) bond motifs is 1. The molecular formula is C15H14BrN3O2. The second-order valence-corrected chi connectivity index (χ2v) is 6.05. The lowest BCUT2D eigenvalue weighted by molar-refractivity contribution is -0.384. The molecule has 1 aliphatic rings. The third-order valence-electron chi connectivity index (χ3n) is 3.72. The van der Waals surface area contributed by atoms with Crippen LogP contribution in [0.15, 0.2) is 41.0 Å². The zero-order chi connectivity index (χ0) is 14.8. The van der Waals surface area contributed by atoms with Crippen molar-refractivity contribution in [1.29, 1.82) is 0 Å². The molecule has 1 N–H and O–H groups in total. The first kappa shape index (κ1) is 14.0. The number of hydrogen-bond donors (Lipinski definition) is 1. The van der Waals surface area contributed by atoms with Crippen LogP contribution < -0.4 is 5.32 Å². The molecule has 5 nitrogen and oxygen atoms in total. The summed E-state index contributed by atoms with van der Waals surface area (Å²) < 4.78 is 0.605. The summed E-state index contributed by atoms with van der Waals surface area (Å²) in [6.07, 6.45) is 4.38. The molecule has 1 aromatic carbocycles. The number of hydrogen-bond acceptors (Lipinski definition) is 4. The van der Waals surface area contributed by atoms with E-state index < -0.39 is 4.92 Å². The topological polar surface area (TPSA) is 68.1 Å². The van der Waals surface area contributed by atoms with E-state index in [0.29, 0.717) is 10.3 Å². The fourth-order valence-electron chi connectivity index (χ4n) is 2.69. The number of aryl methyl sites for hydroxylation is 1. The summed E-state index contributed by atoms with van der Waals surface area (Å²) in [5, 5.41) is 14.3. The van der Waals surface area contributed by atoms with E-state index in [0.717, 1.165) is 19.3 Å². The molecule has 3 rings (SSSR count). The highest BCUT2D eigenvalue weighted by atomic mass is 79.9. The van der Waals surface area contributed by atoms with Crippen LogP contribution >= 0.6 is 15.9 Å². The van der Waals surface area contributed by atoms with Gasteiger partial charge in [-0.15, -0.1) is 0 Å².